The molecule has 1 aliphatic carbocycles. The summed E-state index contributed by atoms with van der Waals surface area (Å²) in [7, 11) is 1.50. The maximum Gasteiger partial charge on any atom is 0.315 e. The number of carbonyl (C=O) groups excluding carboxylic acids is 1. The van der Waals surface area contributed by atoms with Crippen LogP contribution in [0.2, 0.25) is 0 Å². The van der Waals surface area contributed by atoms with Crippen LogP contribution >= 0.6 is 0 Å². The van der Waals surface area contributed by atoms with Gasteiger partial charge in [-0.25, -0.2) is 4.79 Å². The molecule has 2 aromatic carbocycles. The van der Waals surface area contributed by atoms with Crippen LogP contribution in [0.1, 0.15) is 23.6 Å². The molecule has 0 saturated carbocycles. The number of phenolic OH excluding ortho intramolecular Hbond substituents is 1. The number of nitrogens with one attached hydrogen (secondary N) is 2. The van der Waals surface area contributed by atoms with Crippen LogP contribution in [0.5, 0.6) is 11.5 Å². The van der Waals surface area contributed by atoms with E-state index in [0.717, 1.165) is 18.4 Å². The topological polar surface area (TPSA) is 70.6 Å². The van der Waals surface area contributed by atoms with Crippen molar-refractivity contribution < 1.29 is 14.6 Å². The van der Waals surface area contributed by atoms with Crippen molar-refractivity contribution in [3.63, 3.8) is 0 Å². The van der Waals surface area contributed by atoms with Crippen LogP contribution in [0.25, 0.3) is 0 Å². The van der Waals surface area contributed by atoms with Gasteiger partial charge in [-0.15, -0.1) is 0 Å². The first-order valence-electron chi connectivity index (χ1n) is 7.98. The summed E-state index contributed by atoms with van der Waals surface area (Å²) in [5.41, 5.74) is 3.19. The fourth-order valence-electron chi connectivity index (χ4n) is 3.23. The Kier molecular flexibility index (Phi) is 4.34. The molecule has 0 bridgehead atoms. The highest BCUT2D eigenvalue weighted by Crippen LogP contribution is 2.29. The molecule has 1 aliphatic rings. The first kappa shape index (κ1) is 16.2. The third kappa shape index (κ3) is 3.45. The van der Waals surface area contributed by atoms with Crippen LogP contribution in [-0.4, -0.2) is 23.8 Å². The highest BCUT2D eigenvalue weighted by atomic mass is 16.5. The van der Waals surface area contributed by atoms with E-state index in [1.165, 1.54) is 18.2 Å². The second-order valence-corrected chi connectivity index (χ2v) is 6.50. The summed E-state index contributed by atoms with van der Waals surface area (Å²) in [6, 6.07) is 13.1. The van der Waals surface area contributed by atoms with Crippen molar-refractivity contribution in [3.05, 3.63) is 59.2 Å². The predicted molar refractivity (Wildman–Crippen MR) is 92.3 cm³/mol. The number of hydrogen-bond acceptors (Lipinski definition) is 3. The second kappa shape index (κ2) is 6.43. The molecule has 0 saturated heterocycles. The van der Waals surface area contributed by atoms with Gasteiger partial charge in [0.2, 0.25) is 0 Å². The fraction of sp³-hybridized carbons (Fsp3) is 0.316. The fourth-order valence-corrected chi connectivity index (χ4v) is 3.23. The number of benzene rings is 2. The van der Waals surface area contributed by atoms with Gasteiger partial charge < -0.3 is 20.5 Å². The largest absolute Gasteiger partial charge is 0.504 e. The molecule has 0 fully saturated rings. The molecule has 3 rings (SSSR count). The van der Waals surface area contributed by atoms with Crippen molar-refractivity contribution in [1.82, 2.24) is 10.6 Å². The quantitative estimate of drug-likeness (QED) is 0.809. The van der Waals surface area contributed by atoms with Gasteiger partial charge >= 0.3 is 6.03 Å². The summed E-state index contributed by atoms with van der Waals surface area (Å²) < 4.78 is 5.07. The summed E-state index contributed by atoms with van der Waals surface area (Å²) in [5.74, 6) is 0.481. The number of methoxy groups -OCH3 is 1. The summed E-state index contributed by atoms with van der Waals surface area (Å²) in [4.78, 5) is 12.2. The van der Waals surface area contributed by atoms with E-state index in [2.05, 4.69) is 29.7 Å². The number of amides is 2. The lowest BCUT2D eigenvalue weighted by Crippen LogP contribution is -2.50. The lowest BCUT2D eigenvalue weighted by molar-refractivity contribution is 0.228. The zero-order valence-corrected chi connectivity index (χ0v) is 13.9. The molecule has 0 aromatic heterocycles. The van der Waals surface area contributed by atoms with Gasteiger partial charge in [0.15, 0.2) is 11.5 Å². The number of carbonyl (C=O) groups is 1. The van der Waals surface area contributed by atoms with Crippen molar-refractivity contribution >= 4 is 6.03 Å². The number of fused-ring (bicyclic) bond motifs is 1. The molecule has 0 aliphatic heterocycles. The van der Waals surface area contributed by atoms with Crippen molar-refractivity contribution in [2.45, 2.75) is 31.8 Å². The minimum absolute atomic E-state index is 0.0851. The Morgan fingerprint density at radius 3 is 2.50 bits per heavy atom. The van der Waals surface area contributed by atoms with E-state index in [-0.39, 0.29) is 17.3 Å². The molecule has 2 amide bonds. The SMILES string of the molecule is COc1cc(CNC(=O)NC2(C)Cc3ccccc3C2)ccc1O. The lowest BCUT2D eigenvalue weighted by atomic mass is 9.99. The van der Waals surface area contributed by atoms with E-state index in [9.17, 15) is 9.90 Å². The van der Waals surface area contributed by atoms with Gasteiger partial charge in [0.05, 0.1) is 7.11 Å². The molecule has 24 heavy (non-hydrogen) atoms. The Morgan fingerprint density at radius 1 is 1.21 bits per heavy atom. The average Bonchev–Trinajstić information content (AvgIpc) is 2.89. The molecule has 126 valence electrons. The van der Waals surface area contributed by atoms with Gasteiger partial charge in [0.1, 0.15) is 0 Å². The van der Waals surface area contributed by atoms with Gasteiger partial charge in [-0.3, -0.25) is 0 Å². The molecule has 0 heterocycles. The van der Waals surface area contributed by atoms with Crippen LogP contribution in [-0.2, 0) is 19.4 Å². The van der Waals surface area contributed by atoms with E-state index in [0.29, 0.717) is 12.3 Å². The number of rotatable bonds is 4. The van der Waals surface area contributed by atoms with Gasteiger partial charge in [-0.05, 0) is 48.6 Å². The van der Waals surface area contributed by atoms with Crippen LogP contribution < -0.4 is 15.4 Å². The lowest BCUT2D eigenvalue weighted by Gasteiger charge is -2.25. The van der Waals surface area contributed by atoms with Crippen molar-refractivity contribution in [2.75, 3.05) is 7.11 Å². The predicted octanol–water partition coefficient (Wildman–Crippen LogP) is 2.76. The molecule has 5 heteroatoms. The average molecular weight is 326 g/mol. The van der Waals surface area contributed by atoms with E-state index < -0.39 is 0 Å². The number of hydrogen-bond donors (Lipinski definition) is 3. The zero-order valence-electron chi connectivity index (χ0n) is 13.9. The van der Waals surface area contributed by atoms with Gasteiger partial charge in [0, 0.05) is 12.1 Å². The summed E-state index contributed by atoms with van der Waals surface area (Å²) >= 11 is 0. The van der Waals surface area contributed by atoms with Crippen LogP contribution in [0, 0.1) is 0 Å². The van der Waals surface area contributed by atoms with Gasteiger partial charge in [0.25, 0.3) is 0 Å². The van der Waals surface area contributed by atoms with E-state index in [1.54, 1.807) is 18.2 Å². The minimum Gasteiger partial charge on any atom is -0.504 e. The third-order valence-electron chi connectivity index (χ3n) is 4.39. The maximum atomic E-state index is 12.2. The Hall–Kier alpha value is -2.69. The zero-order chi connectivity index (χ0) is 17.2. The first-order chi connectivity index (χ1) is 11.5. The van der Waals surface area contributed by atoms with Gasteiger partial charge in [-0.1, -0.05) is 30.3 Å². The number of phenols is 1. The number of urea groups is 1. The van der Waals surface area contributed by atoms with Crippen molar-refractivity contribution in [1.29, 1.82) is 0 Å². The van der Waals surface area contributed by atoms with Crippen LogP contribution in [0.3, 0.4) is 0 Å². The molecular formula is C19H22N2O3. The van der Waals surface area contributed by atoms with Gasteiger partial charge in [-0.2, -0.15) is 0 Å². The molecule has 2 aromatic rings. The molecule has 5 nitrogen and oxygen atoms in total. The molecular weight excluding hydrogens is 304 g/mol. The first-order valence-corrected chi connectivity index (χ1v) is 7.98. The molecule has 0 unspecified atom stereocenters. The Morgan fingerprint density at radius 2 is 1.88 bits per heavy atom. The molecule has 0 radical (unpaired) electrons. The standard InChI is InChI=1S/C19H22N2O3/c1-19(10-14-5-3-4-6-15(14)11-19)21-18(23)20-12-13-7-8-16(22)17(9-13)24-2/h3-9,22H,10-12H2,1-2H3,(H2,20,21,23). The van der Waals surface area contributed by atoms with Crippen LogP contribution in [0.15, 0.2) is 42.5 Å². The van der Waals surface area contributed by atoms with E-state index in [1.807, 2.05) is 12.1 Å². The Bertz CT molecular complexity index is 733. The number of aromatic hydroxyl groups is 1. The van der Waals surface area contributed by atoms with E-state index >= 15 is 0 Å². The Labute approximate surface area is 141 Å². The second-order valence-electron chi connectivity index (χ2n) is 6.50. The van der Waals surface area contributed by atoms with E-state index in [4.69, 9.17) is 4.74 Å². The van der Waals surface area contributed by atoms with Crippen molar-refractivity contribution in [2.24, 2.45) is 0 Å². The Balaban J connectivity index is 1.57. The molecule has 0 spiro atoms. The summed E-state index contributed by atoms with van der Waals surface area (Å²) in [5, 5.41) is 15.5. The maximum absolute atomic E-state index is 12.2. The normalized spacial score (nSPS) is 14.8. The van der Waals surface area contributed by atoms with Crippen molar-refractivity contribution in [3.8, 4) is 11.5 Å². The highest BCUT2D eigenvalue weighted by Gasteiger charge is 2.33. The monoisotopic (exact) mass is 326 g/mol. The molecule has 3 N–H and O–H groups in total. The highest BCUT2D eigenvalue weighted by molar-refractivity contribution is 5.75. The number of ether oxygens (including phenoxy) is 1. The third-order valence-corrected chi connectivity index (χ3v) is 4.39. The minimum atomic E-state index is -0.263. The summed E-state index contributed by atoms with van der Waals surface area (Å²) in [6.07, 6.45) is 1.67. The summed E-state index contributed by atoms with van der Waals surface area (Å²) in [6.45, 7) is 2.43. The smallest absolute Gasteiger partial charge is 0.315 e. The van der Waals surface area contributed by atoms with Crippen LogP contribution in [0.4, 0.5) is 4.79 Å². The molecule has 0 atom stereocenters.